The molecule has 5 nitrogen and oxygen atoms in total. The smallest absolute Gasteiger partial charge is 0.234 e. The van der Waals surface area contributed by atoms with E-state index in [4.69, 9.17) is 5.21 Å². The number of rotatable bonds is 6. The highest BCUT2D eigenvalue weighted by Gasteiger charge is 2.25. The largest absolute Gasteiger partial charge is 0.411 e. The molecule has 0 aromatic rings. The van der Waals surface area contributed by atoms with E-state index in [1.165, 1.54) is 0 Å². The molecule has 0 aliphatic carbocycles. The lowest BCUT2D eigenvalue weighted by Crippen LogP contribution is -2.45. The van der Waals surface area contributed by atoms with E-state index in [9.17, 15) is 4.79 Å². The van der Waals surface area contributed by atoms with E-state index < -0.39 is 0 Å². The monoisotopic (exact) mass is 255 g/mol. The molecule has 104 valence electrons. The molecular weight excluding hydrogens is 230 g/mol. The van der Waals surface area contributed by atoms with Crippen molar-refractivity contribution in [3.8, 4) is 0 Å². The normalized spacial score (nSPS) is 23.2. The summed E-state index contributed by atoms with van der Waals surface area (Å²) in [4.78, 5) is 13.8. The lowest BCUT2D eigenvalue weighted by atomic mass is 9.93. The van der Waals surface area contributed by atoms with Crippen LogP contribution < -0.4 is 5.32 Å². The fourth-order valence-electron chi connectivity index (χ4n) is 2.29. The third kappa shape index (κ3) is 4.64. The van der Waals surface area contributed by atoms with Crippen molar-refractivity contribution in [2.45, 2.75) is 39.5 Å². The minimum absolute atomic E-state index is 0.0997. The predicted molar refractivity (Wildman–Crippen MR) is 72.0 cm³/mol. The summed E-state index contributed by atoms with van der Waals surface area (Å²) in [5.41, 5.74) is 0.875. The van der Waals surface area contributed by atoms with Crippen molar-refractivity contribution in [2.75, 3.05) is 26.2 Å². The van der Waals surface area contributed by atoms with Crippen molar-refractivity contribution in [1.82, 2.24) is 10.2 Å². The standard InChI is InChI=1S/C13H25N3O2/c1-3-5-7-14-13(17)10-16-8-6-12(15-18)11(4-2)9-16/h11,18H,3-10H2,1-2H3,(H,14,17). The zero-order valence-electron chi connectivity index (χ0n) is 11.5. The van der Waals surface area contributed by atoms with Crippen LogP contribution in [0.4, 0.5) is 0 Å². The van der Waals surface area contributed by atoms with Gasteiger partial charge in [0.25, 0.3) is 0 Å². The number of nitrogens with zero attached hydrogens (tertiary/aromatic N) is 2. The highest BCUT2D eigenvalue weighted by molar-refractivity contribution is 5.87. The Balaban J connectivity index is 2.33. The van der Waals surface area contributed by atoms with Crippen LogP contribution in [0, 0.1) is 5.92 Å². The Morgan fingerprint density at radius 3 is 2.94 bits per heavy atom. The van der Waals surface area contributed by atoms with Crippen LogP contribution in [0.25, 0.3) is 0 Å². The first kappa shape index (κ1) is 15.0. The van der Waals surface area contributed by atoms with Gasteiger partial charge in [0.15, 0.2) is 0 Å². The number of oxime groups is 1. The second-order valence-corrected chi connectivity index (χ2v) is 4.89. The van der Waals surface area contributed by atoms with Gasteiger partial charge in [0.1, 0.15) is 0 Å². The van der Waals surface area contributed by atoms with E-state index in [0.717, 1.165) is 51.0 Å². The van der Waals surface area contributed by atoms with Gasteiger partial charge in [0, 0.05) is 32.0 Å². The van der Waals surface area contributed by atoms with Crippen LogP contribution in [0.5, 0.6) is 0 Å². The predicted octanol–water partition coefficient (Wildman–Crippen LogP) is 1.46. The maximum absolute atomic E-state index is 11.7. The van der Waals surface area contributed by atoms with E-state index in [-0.39, 0.29) is 11.8 Å². The van der Waals surface area contributed by atoms with Crippen LogP contribution >= 0.6 is 0 Å². The SMILES string of the molecule is CCCCNC(=O)CN1CCC(=NO)C(CC)C1. The summed E-state index contributed by atoms with van der Waals surface area (Å²) in [6.45, 7) is 7.04. The first-order valence-corrected chi connectivity index (χ1v) is 6.91. The number of likely N-dealkylation sites (tertiary alicyclic amines) is 1. The Kier molecular flexibility index (Phi) is 6.72. The van der Waals surface area contributed by atoms with Crippen LogP contribution in [-0.2, 0) is 4.79 Å². The lowest BCUT2D eigenvalue weighted by molar-refractivity contribution is -0.122. The average Bonchev–Trinajstić information content (AvgIpc) is 2.39. The minimum Gasteiger partial charge on any atom is -0.411 e. The van der Waals surface area contributed by atoms with Gasteiger partial charge in [-0.25, -0.2) is 0 Å². The molecule has 0 spiro atoms. The van der Waals surface area contributed by atoms with Gasteiger partial charge in [-0.05, 0) is 12.8 Å². The van der Waals surface area contributed by atoms with Crippen LogP contribution in [0.2, 0.25) is 0 Å². The molecule has 0 aromatic heterocycles. The molecule has 1 atom stereocenters. The van der Waals surface area contributed by atoms with Crippen LogP contribution in [0.15, 0.2) is 5.16 Å². The zero-order valence-corrected chi connectivity index (χ0v) is 11.5. The third-order valence-electron chi connectivity index (χ3n) is 3.47. The molecule has 1 aliphatic heterocycles. The highest BCUT2D eigenvalue weighted by atomic mass is 16.4. The Bertz CT molecular complexity index is 292. The van der Waals surface area contributed by atoms with Crippen molar-refractivity contribution >= 4 is 11.6 Å². The number of hydrogen-bond donors (Lipinski definition) is 2. The first-order valence-electron chi connectivity index (χ1n) is 6.91. The van der Waals surface area contributed by atoms with Gasteiger partial charge in [-0.1, -0.05) is 25.4 Å². The summed E-state index contributed by atoms with van der Waals surface area (Å²) >= 11 is 0. The van der Waals surface area contributed by atoms with Crippen LogP contribution in [0.3, 0.4) is 0 Å². The Morgan fingerprint density at radius 1 is 1.56 bits per heavy atom. The maximum Gasteiger partial charge on any atom is 0.234 e. The second-order valence-electron chi connectivity index (χ2n) is 4.89. The van der Waals surface area contributed by atoms with Gasteiger partial charge in [-0.3, -0.25) is 9.69 Å². The number of carbonyl (C=O) groups is 1. The van der Waals surface area contributed by atoms with Gasteiger partial charge in [-0.15, -0.1) is 0 Å². The minimum atomic E-state index is 0.0997. The summed E-state index contributed by atoms with van der Waals surface area (Å²) in [7, 11) is 0. The first-order chi connectivity index (χ1) is 8.71. The number of unbranched alkanes of at least 4 members (excludes halogenated alkanes) is 1. The molecule has 1 saturated heterocycles. The maximum atomic E-state index is 11.7. The quantitative estimate of drug-likeness (QED) is 0.429. The summed E-state index contributed by atoms with van der Waals surface area (Å²) in [5, 5.41) is 15.2. The number of carbonyl (C=O) groups excluding carboxylic acids is 1. The van der Waals surface area contributed by atoms with Crippen molar-refractivity contribution < 1.29 is 10.0 Å². The molecule has 1 aliphatic rings. The van der Waals surface area contributed by atoms with Gasteiger partial charge >= 0.3 is 0 Å². The topological polar surface area (TPSA) is 64.9 Å². The molecule has 1 rings (SSSR count). The van der Waals surface area contributed by atoms with Gasteiger partial charge < -0.3 is 10.5 Å². The van der Waals surface area contributed by atoms with Crippen LogP contribution in [0.1, 0.15) is 39.5 Å². The Hall–Kier alpha value is -1.10. The molecule has 5 heteroatoms. The fraction of sp³-hybridized carbons (Fsp3) is 0.846. The lowest BCUT2D eigenvalue weighted by Gasteiger charge is -2.32. The molecule has 2 N–H and O–H groups in total. The zero-order chi connectivity index (χ0) is 13.4. The summed E-state index contributed by atoms with van der Waals surface area (Å²) < 4.78 is 0. The van der Waals surface area contributed by atoms with Crippen molar-refractivity contribution in [3.63, 3.8) is 0 Å². The average molecular weight is 255 g/mol. The van der Waals surface area contributed by atoms with E-state index in [2.05, 4.69) is 29.2 Å². The molecule has 1 amide bonds. The fourth-order valence-corrected chi connectivity index (χ4v) is 2.29. The molecular formula is C13H25N3O2. The van der Waals surface area contributed by atoms with Crippen molar-refractivity contribution in [1.29, 1.82) is 0 Å². The number of amides is 1. The molecule has 0 radical (unpaired) electrons. The molecule has 1 heterocycles. The van der Waals surface area contributed by atoms with E-state index in [1.807, 2.05) is 0 Å². The van der Waals surface area contributed by atoms with Crippen molar-refractivity contribution in [2.24, 2.45) is 11.1 Å². The summed E-state index contributed by atoms with van der Waals surface area (Å²) in [6.07, 6.45) is 3.84. The summed E-state index contributed by atoms with van der Waals surface area (Å²) in [5.74, 6) is 0.384. The van der Waals surface area contributed by atoms with E-state index in [0.29, 0.717) is 6.54 Å². The number of hydrogen-bond acceptors (Lipinski definition) is 4. The third-order valence-corrected chi connectivity index (χ3v) is 3.47. The molecule has 1 unspecified atom stereocenters. The number of piperidine rings is 1. The van der Waals surface area contributed by atoms with Gasteiger partial charge in [0.05, 0.1) is 12.3 Å². The Labute approximate surface area is 109 Å². The van der Waals surface area contributed by atoms with Gasteiger partial charge in [-0.2, -0.15) is 0 Å². The van der Waals surface area contributed by atoms with Crippen molar-refractivity contribution in [3.05, 3.63) is 0 Å². The van der Waals surface area contributed by atoms with Gasteiger partial charge in [0.2, 0.25) is 5.91 Å². The van der Waals surface area contributed by atoms with Crippen LogP contribution in [-0.4, -0.2) is 47.9 Å². The molecule has 0 bridgehead atoms. The highest BCUT2D eigenvalue weighted by Crippen LogP contribution is 2.16. The van der Waals surface area contributed by atoms with E-state index in [1.54, 1.807) is 0 Å². The number of nitrogens with one attached hydrogen (secondary N) is 1. The van der Waals surface area contributed by atoms with E-state index >= 15 is 0 Å². The molecule has 18 heavy (non-hydrogen) atoms. The summed E-state index contributed by atoms with van der Waals surface area (Å²) in [6, 6.07) is 0. The molecule has 0 aromatic carbocycles. The Morgan fingerprint density at radius 2 is 2.33 bits per heavy atom. The molecule has 1 fully saturated rings. The molecule has 0 saturated carbocycles. The second kappa shape index (κ2) is 8.08.